The molecule has 1 atom stereocenters. The van der Waals surface area contributed by atoms with E-state index in [1.54, 1.807) is 18.2 Å². The molecule has 0 aliphatic heterocycles. The van der Waals surface area contributed by atoms with Gasteiger partial charge in [-0.05, 0) is 68.7 Å². The predicted octanol–water partition coefficient (Wildman–Crippen LogP) is 5.83. The monoisotopic (exact) mass is 589 g/mol. The van der Waals surface area contributed by atoms with Crippen LogP contribution >= 0.6 is 23.2 Å². The topological polar surface area (TPSA) is 86.8 Å². The van der Waals surface area contributed by atoms with E-state index in [1.165, 1.54) is 35.2 Å². The molecule has 3 rings (SSSR count). The summed E-state index contributed by atoms with van der Waals surface area (Å²) in [6, 6.07) is 18.8. The number of rotatable bonds is 11. The smallest absolute Gasteiger partial charge is 0.264 e. The van der Waals surface area contributed by atoms with Crippen molar-refractivity contribution in [2.24, 2.45) is 0 Å². The van der Waals surface area contributed by atoms with Gasteiger partial charge in [-0.3, -0.25) is 13.9 Å². The Labute approximate surface area is 240 Å². The van der Waals surface area contributed by atoms with Gasteiger partial charge in [0.05, 0.1) is 15.6 Å². The number of amides is 2. The van der Waals surface area contributed by atoms with Crippen LogP contribution in [0, 0.1) is 6.92 Å². The molecule has 0 aliphatic rings. The van der Waals surface area contributed by atoms with Crippen molar-refractivity contribution in [2.75, 3.05) is 10.8 Å². The summed E-state index contributed by atoms with van der Waals surface area (Å²) in [5.74, 6) is -0.856. The molecule has 7 nitrogen and oxygen atoms in total. The molecule has 0 radical (unpaired) electrons. The Balaban J connectivity index is 2.10. The largest absolute Gasteiger partial charge is 0.352 e. The molecule has 1 N–H and O–H groups in total. The lowest BCUT2D eigenvalue weighted by molar-refractivity contribution is -0.140. The molecule has 10 heteroatoms. The number of sulfonamides is 1. The van der Waals surface area contributed by atoms with Gasteiger partial charge in [0, 0.05) is 17.6 Å². The van der Waals surface area contributed by atoms with Crippen LogP contribution in [0.4, 0.5) is 5.69 Å². The second kappa shape index (κ2) is 13.3. The number of halogens is 2. The molecule has 208 valence electrons. The van der Waals surface area contributed by atoms with Crippen LogP contribution in [0.2, 0.25) is 10.0 Å². The Morgan fingerprint density at radius 1 is 0.949 bits per heavy atom. The summed E-state index contributed by atoms with van der Waals surface area (Å²) in [4.78, 5) is 28.7. The van der Waals surface area contributed by atoms with Gasteiger partial charge in [0.2, 0.25) is 11.8 Å². The number of hydrogen-bond acceptors (Lipinski definition) is 4. The molecule has 0 fully saturated rings. The molecule has 0 spiro atoms. The number of hydrogen-bond donors (Lipinski definition) is 1. The van der Waals surface area contributed by atoms with Gasteiger partial charge >= 0.3 is 0 Å². The van der Waals surface area contributed by atoms with Crippen molar-refractivity contribution < 1.29 is 18.0 Å². The highest BCUT2D eigenvalue weighted by Gasteiger charge is 2.34. The van der Waals surface area contributed by atoms with Crippen LogP contribution in [-0.2, 0) is 26.2 Å². The van der Waals surface area contributed by atoms with E-state index in [0.717, 1.165) is 15.4 Å². The molecule has 3 aromatic carbocycles. The highest BCUT2D eigenvalue weighted by molar-refractivity contribution is 7.92. The van der Waals surface area contributed by atoms with E-state index in [2.05, 4.69) is 5.32 Å². The van der Waals surface area contributed by atoms with Gasteiger partial charge in [0.15, 0.2) is 0 Å². The first-order valence-corrected chi connectivity index (χ1v) is 14.8. The fraction of sp³-hybridized carbons (Fsp3) is 0.310. The maximum atomic E-state index is 14.1. The summed E-state index contributed by atoms with van der Waals surface area (Å²) in [6.45, 7) is 6.98. The quantitative estimate of drug-likeness (QED) is 0.305. The van der Waals surface area contributed by atoms with Gasteiger partial charge in [-0.25, -0.2) is 8.42 Å². The van der Waals surface area contributed by atoms with Crippen molar-refractivity contribution in [3.63, 3.8) is 0 Å². The second-order valence-electron chi connectivity index (χ2n) is 9.46. The van der Waals surface area contributed by atoms with Crippen LogP contribution in [0.15, 0.2) is 77.7 Å². The van der Waals surface area contributed by atoms with Crippen molar-refractivity contribution in [1.82, 2.24) is 10.2 Å². The summed E-state index contributed by atoms with van der Waals surface area (Å²) >= 11 is 12.5. The zero-order valence-electron chi connectivity index (χ0n) is 22.4. The second-order valence-corrected chi connectivity index (χ2v) is 12.2. The third-order valence-electron chi connectivity index (χ3n) is 6.21. The SMILES string of the molecule is CCC(C(=O)NC(C)C)N(Cc1ccccc1C)C(=O)CN(c1ccc(Cl)cc1Cl)S(=O)(=O)c1ccccc1. The fourth-order valence-corrected chi connectivity index (χ4v) is 6.20. The summed E-state index contributed by atoms with van der Waals surface area (Å²) in [7, 11) is -4.21. The molecule has 0 aliphatic carbocycles. The van der Waals surface area contributed by atoms with E-state index in [1.807, 2.05) is 52.0 Å². The molecule has 0 saturated carbocycles. The molecule has 1 unspecified atom stereocenters. The summed E-state index contributed by atoms with van der Waals surface area (Å²) in [5.41, 5.74) is 1.90. The highest BCUT2D eigenvalue weighted by Crippen LogP contribution is 2.33. The number of aryl methyl sites for hydroxylation is 1. The van der Waals surface area contributed by atoms with Crippen molar-refractivity contribution in [2.45, 2.75) is 57.6 Å². The van der Waals surface area contributed by atoms with Crippen molar-refractivity contribution in [3.8, 4) is 0 Å². The lowest BCUT2D eigenvalue weighted by Crippen LogP contribution is -2.53. The van der Waals surface area contributed by atoms with Crippen LogP contribution in [0.25, 0.3) is 0 Å². The number of anilines is 1. The maximum absolute atomic E-state index is 14.1. The summed E-state index contributed by atoms with van der Waals surface area (Å²) < 4.78 is 28.7. The number of nitrogens with one attached hydrogen (secondary N) is 1. The number of benzene rings is 3. The van der Waals surface area contributed by atoms with Crippen molar-refractivity contribution in [1.29, 1.82) is 0 Å². The highest BCUT2D eigenvalue weighted by atomic mass is 35.5. The number of nitrogens with zero attached hydrogens (tertiary/aromatic N) is 2. The standard InChI is InChI=1S/C29H33Cl2N3O4S/c1-5-26(29(36)32-20(2)3)33(18-22-12-10-9-11-21(22)4)28(35)19-34(27-16-15-23(30)17-25(27)31)39(37,38)24-13-7-6-8-14-24/h6-17,20,26H,5,18-19H2,1-4H3,(H,32,36). The fourth-order valence-electron chi connectivity index (χ4n) is 4.19. The first-order valence-electron chi connectivity index (χ1n) is 12.6. The van der Waals surface area contributed by atoms with Crippen LogP contribution in [0.1, 0.15) is 38.3 Å². The van der Waals surface area contributed by atoms with Gasteiger partial charge in [-0.1, -0.05) is 72.6 Å². The first kappa shape index (κ1) is 30.5. The van der Waals surface area contributed by atoms with Gasteiger partial charge in [0.1, 0.15) is 12.6 Å². The van der Waals surface area contributed by atoms with Crippen molar-refractivity contribution in [3.05, 3.63) is 94.0 Å². The van der Waals surface area contributed by atoms with Crippen LogP contribution in [-0.4, -0.2) is 43.8 Å². The molecule has 3 aromatic rings. The molecule has 0 heterocycles. The normalized spacial score (nSPS) is 12.2. The minimum atomic E-state index is -4.21. The Hall–Kier alpha value is -3.07. The Morgan fingerprint density at radius 3 is 2.18 bits per heavy atom. The molecule has 0 aromatic heterocycles. The minimum Gasteiger partial charge on any atom is -0.352 e. The molecule has 0 saturated heterocycles. The van der Waals surface area contributed by atoms with Crippen LogP contribution in [0.3, 0.4) is 0 Å². The van der Waals surface area contributed by atoms with Crippen LogP contribution < -0.4 is 9.62 Å². The van der Waals surface area contributed by atoms with E-state index in [4.69, 9.17) is 23.2 Å². The molecule has 0 bridgehead atoms. The lowest BCUT2D eigenvalue weighted by atomic mass is 10.1. The van der Waals surface area contributed by atoms with E-state index in [0.29, 0.717) is 11.4 Å². The zero-order valence-corrected chi connectivity index (χ0v) is 24.7. The molecular weight excluding hydrogens is 557 g/mol. The maximum Gasteiger partial charge on any atom is 0.264 e. The molecule has 39 heavy (non-hydrogen) atoms. The van der Waals surface area contributed by atoms with E-state index in [-0.39, 0.29) is 34.1 Å². The minimum absolute atomic E-state index is 0.00105. The van der Waals surface area contributed by atoms with E-state index < -0.39 is 28.5 Å². The Morgan fingerprint density at radius 2 is 1.59 bits per heavy atom. The zero-order chi connectivity index (χ0) is 28.7. The Bertz CT molecular complexity index is 1420. The number of carbonyl (C=O) groups is 2. The third kappa shape index (κ3) is 7.53. The summed E-state index contributed by atoms with van der Waals surface area (Å²) in [6.07, 6.45) is 0.337. The van der Waals surface area contributed by atoms with Gasteiger partial charge in [-0.15, -0.1) is 0 Å². The predicted molar refractivity (Wildman–Crippen MR) is 157 cm³/mol. The van der Waals surface area contributed by atoms with Crippen LogP contribution in [0.5, 0.6) is 0 Å². The summed E-state index contributed by atoms with van der Waals surface area (Å²) in [5, 5.41) is 3.28. The Kier molecular flexibility index (Phi) is 10.4. The molecule has 2 amide bonds. The average molecular weight is 591 g/mol. The average Bonchev–Trinajstić information content (AvgIpc) is 2.88. The number of carbonyl (C=O) groups excluding carboxylic acids is 2. The lowest BCUT2D eigenvalue weighted by Gasteiger charge is -2.34. The van der Waals surface area contributed by atoms with Gasteiger partial charge in [0.25, 0.3) is 10.0 Å². The van der Waals surface area contributed by atoms with Gasteiger partial charge < -0.3 is 10.2 Å². The van der Waals surface area contributed by atoms with E-state index >= 15 is 0 Å². The molecular formula is C29H33Cl2N3O4S. The van der Waals surface area contributed by atoms with E-state index in [9.17, 15) is 18.0 Å². The first-order chi connectivity index (χ1) is 18.4. The van der Waals surface area contributed by atoms with Gasteiger partial charge in [-0.2, -0.15) is 0 Å². The van der Waals surface area contributed by atoms with Crippen molar-refractivity contribution >= 4 is 50.7 Å². The third-order valence-corrected chi connectivity index (χ3v) is 8.52.